The van der Waals surface area contributed by atoms with Crippen LogP contribution in [0.2, 0.25) is 0 Å². The quantitative estimate of drug-likeness (QED) is 0.490. The fraction of sp³-hybridized carbons (Fsp3) is 0.0455. The predicted molar refractivity (Wildman–Crippen MR) is 100 cm³/mol. The largest absolute Gasteiger partial charge is 0.489 e. The van der Waals surface area contributed by atoms with E-state index in [1.165, 1.54) is 18.2 Å². The van der Waals surface area contributed by atoms with Crippen molar-refractivity contribution in [2.75, 3.05) is 0 Å². The summed E-state index contributed by atoms with van der Waals surface area (Å²) in [6.45, 7) is 0.339. The number of ketones is 1. The zero-order valence-electron chi connectivity index (χ0n) is 14.3. The first-order chi connectivity index (χ1) is 13.2. The highest BCUT2D eigenvalue weighted by molar-refractivity contribution is 6.10. The van der Waals surface area contributed by atoms with Crippen molar-refractivity contribution in [2.45, 2.75) is 6.61 Å². The molecule has 0 atom stereocenters. The minimum atomic E-state index is -0.591. The van der Waals surface area contributed by atoms with Crippen LogP contribution in [0.25, 0.3) is 11.0 Å². The molecule has 0 N–H and O–H groups in total. The number of benzene rings is 3. The van der Waals surface area contributed by atoms with Crippen LogP contribution >= 0.6 is 0 Å². The Labute approximate surface area is 155 Å². The van der Waals surface area contributed by atoms with Gasteiger partial charge in [0.2, 0.25) is 0 Å². The standard InChI is InChI=1S/C22H15FN2O2/c23-19-8-7-17(27-14-15-4-2-1-3-5-15)13-18(19)22(26)16-6-9-20-21(12-16)25-11-10-24-20/h1-13H,14H2. The Kier molecular flexibility index (Phi) is 4.58. The smallest absolute Gasteiger partial charge is 0.196 e. The van der Waals surface area contributed by atoms with Gasteiger partial charge in [-0.2, -0.15) is 0 Å². The normalized spacial score (nSPS) is 10.7. The van der Waals surface area contributed by atoms with Gasteiger partial charge in [-0.25, -0.2) is 4.39 Å². The Balaban J connectivity index is 1.60. The summed E-state index contributed by atoms with van der Waals surface area (Å²) in [7, 11) is 0. The molecule has 132 valence electrons. The zero-order chi connectivity index (χ0) is 18.6. The second kappa shape index (κ2) is 7.33. The van der Waals surface area contributed by atoms with Crippen molar-refractivity contribution in [2.24, 2.45) is 0 Å². The molecule has 0 fully saturated rings. The van der Waals surface area contributed by atoms with Crippen molar-refractivity contribution >= 4 is 16.8 Å². The lowest BCUT2D eigenvalue weighted by Crippen LogP contribution is -2.06. The number of aromatic nitrogens is 2. The second-order valence-electron chi connectivity index (χ2n) is 6.00. The maximum absolute atomic E-state index is 14.3. The van der Waals surface area contributed by atoms with Gasteiger partial charge in [0.1, 0.15) is 18.2 Å². The Hall–Kier alpha value is -3.60. The molecular weight excluding hydrogens is 343 g/mol. The molecule has 5 heteroatoms. The van der Waals surface area contributed by atoms with Crippen LogP contribution in [0.1, 0.15) is 21.5 Å². The summed E-state index contributed by atoms with van der Waals surface area (Å²) in [5.41, 5.74) is 2.56. The summed E-state index contributed by atoms with van der Waals surface area (Å²) < 4.78 is 20.0. The first kappa shape index (κ1) is 16.8. The summed E-state index contributed by atoms with van der Waals surface area (Å²) in [5, 5.41) is 0. The van der Waals surface area contributed by atoms with E-state index in [1.54, 1.807) is 30.6 Å². The third-order valence-corrected chi connectivity index (χ3v) is 4.16. The van der Waals surface area contributed by atoms with Crippen molar-refractivity contribution in [3.05, 3.63) is 102 Å². The van der Waals surface area contributed by atoms with Crippen molar-refractivity contribution in [1.82, 2.24) is 9.97 Å². The van der Waals surface area contributed by atoms with Crippen LogP contribution in [0, 0.1) is 5.82 Å². The van der Waals surface area contributed by atoms with Gasteiger partial charge in [-0.05, 0) is 42.0 Å². The molecule has 4 nitrogen and oxygen atoms in total. The first-order valence-corrected chi connectivity index (χ1v) is 8.42. The molecule has 1 heterocycles. The van der Waals surface area contributed by atoms with Crippen molar-refractivity contribution in [3.8, 4) is 5.75 Å². The highest BCUT2D eigenvalue weighted by atomic mass is 19.1. The highest BCUT2D eigenvalue weighted by Gasteiger charge is 2.16. The first-order valence-electron chi connectivity index (χ1n) is 8.42. The number of halogens is 1. The van der Waals surface area contributed by atoms with Gasteiger partial charge in [-0.15, -0.1) is 0 Å². The van der Waals surface area contributed by atoms with E-state index in [4.69, 9.17) is 4.74 Å². The summed E-state index contributed by atoms with van der Waals surface area (Å²) >= 11 is 0. The van der Waals surface area contributed by atoms with Gasteiger partial charge in [0.25, 0.3) is 0 Å². The predicted octanol–water partition coefficient (Wildman–Crippen LogP) is 4.58. The van der Waals surface area contributed by atoms with E-state index in [-0.39, 0.29) is 5.56 Å². The number of fused-ring (bicyclic) bond motifs is 1. The van der Waals surface area contributed by atoms with Crippen molar-refractivity contribution in [1.29, 1.82) is 0 Å². The van der Waals surface area contributed by atoms with Gasteiger partial charge < -0.3 is 4.74 Å². The lowest BCUT2D eigenvalue weighted by atomic mass is 10.0. The van der Waals surface area contributed by atoms with Crippen LogP contribution in [-0.4, -0.2) is 15.8 Å². The number of nitrogens with zero attached hydrogens (tertiary/aromatic N) is 2. The molecule has 0 saturated heterocycles. The van der Waals surface area contributed by atoms with E-state index < -0.39 is 11.6 Å². The van der Waals surface area contributed by atoms with E-state index >= 15 is 0 Å². The fourth-order valence-corrected chi connectivity index (χ4v) is 2.77. The molecule has 27 heavy (non-hydrogen) atoms. The summed E-state index contributed by atoms with van der Waals surface area (Å²) in [6, 6.07) is 18.8. The summed E-state index contributed by atoms with van der Waals surface area (Å²) in [6.07, 6.45) is 3.13. The Bertz CT molecular complexity index is 1110. The van der Waals surface area contributed by atoms with Gasteiger partial charge in [-0.1, -0.05) is 30.3 Å². The number of hydrogen-bond acceptors (Lipinski definition) is 4. The average molecular weight is 358 g/mol. The third-order valence-electron chi connectivity index (χ3n) is 4.16. The molecule has 0 bridgehead atoms. The molecule has 0 aliphatic heterocycles. The maximum atomic E-state index is 14.3. The lowest BCUT2D eigenvalue weighted by molar-refractivity contribution is 0.103. The summed E-state index contributed by atoms with van der Waals surface area (Å²) in [5.74, 6) is -0.583. The molecule has 0 amide bonds. The average Bonchev–Trinajstić information content (AvgIpc) is 2.73. The molecule has 0 radical (unpaired) electrons. The SMILES string of the molecule is O=C(c1ccc2nccnc2c1)c1cc(OCc2ccccc2)ccc1F. The zero-order valence-corrected chi connectivity index (χ0v) is 14.3. The van der Waals surface area contributed by atoms with Crippen LogP contribution < -0.4 is 4.74 Å². The second-order valence-corrected chi connectivity index (χ2v) is 6.00. The molecule has 0 spiro atoms. The Morgan fingerprint density at radius 3 is 2.48 bits per heavy atom. The number of hydrogen-bond donors (Lipinski definition) is 0. The van der Waals surface area contributed by atoms with E-state index in [2.05, 4.69) is 9.97 Å². The van der Waals surface area contributed by atoms with Crippen LogP contribution in [0.4, 0.5) is 4.39 Å². The highest BCUT2D eigenvalue weighted by Crippen LogP contribution is 2.22. The van der Waals surface area contributed by atoms with Gasteiger partial charge in [-0.3, -0.25) is 14.8 Å². The van der Waals surface area contributed by atoms with Crippen molar-refractivity contribution in [3.63, 3.8) is 0 Å². The molecule has 4 aromatic rings. The van der Waals surface area contributed by atoms with Crippen molar-refractivity contribution < 1.29 is 13.9 Å². The van der Waals surface area contributed by atoms with Crippen LogP contribution in [0.3, 0.4) is 0 Å². The van der Waals surface area contributed by atoms with Gasteiger partial charge >= 0.3 is 0 Å². The molecule has 0 saturated carbocycles. The monoisotopic (exact) mass is 358 g/mol. The number of carbonyl (C=O) groups is 1. The van der Waals surface area contributed by atoms with Gasteiger partial charge in [0, 0.05) is 18.0 Å². The van der Waals surface area contributed by atoms with E-state index in [1.807, 2.05) is 30.3 Å². The number of carbonyl (C=O) groups excluding carboxylic acids is 1. The molecular formula is C22H15FN2O2. The Morgan fingerprint density at radius 1 is 0.889 bits per heavy atom. The topological polar surface area (TPSA) is 52.1 Å². The maximum Gasteiger partial charge on any atom is 0.196 e. The summed E-state index contributed by atoms with van der Waals surface area (Å²) in [4.78, 5) is 21.2. The van der Waals surface area contributed by atoms with Gasteiger partial charge in [0.05, 0.1) is 16.6 Å². The van der Waals surface area contributed by atoms with Crippen LogP contribution in [-0.2, 0) is 6.61 Å². The fourth-order valence-electron chi connectivity index (χ4n) is 2.77. The van der Waals surface area contributed by atoms with Crippen LogP contribution in [0.15, 0.2) is 79.1 Å². The number of ether oxygens (including phenoxy) is 1. The van der Waals surface area contributed by atoms with E-state index in [0.717, 1.165) is 5.56 Å². The van der Waals surface area contributed by atoms with E-state index in [9.17, 15) is 9.18 Å². The molecule has 0 unspecified atom stereocenters. The molecule has 3 aromatic carbocycles. The Morgan fingerprint density at radius 2 is 1.67 bits per heavy atom. The van der Waals surface area contributed by atoms with E-state index in [0.29, 0.717) is 29.0 Å². The van der Waals surface area contributed by atoms with Gasteiger partial charge in [0.15, 0.2) is 5.78 Å². The van der Waals surface area contributed by atoms with Crippen LogP contribution in [0.5, 0.6) is 5.75 Å². The third kappa shape index (κ3) is 3.67. The molecule has 0 aliphatic carbocycles. The molecule has 4 rings (SSSR count). The molecule has 1 aromatic heterocycles. The molecule has 0 aliphatic rings. The number of rotatable bonds is 5. The minimum Gasteiger partial charge on any atom is -0.489 e. The minimum absolute atomic E-state index is 0.0381. The lowest BCUT2D eigenvalue weighted by Gasteiger charge is -2.09.